The molecule has 2 rings (SSSR count). The Morgan fingerprint density at radius 2 is 1.95 bits per heavy atom. The van der Waals surface area contributed by atoms with E-state index in [4.69, 9.17) is 0 Å². The summed E-state index contributed by atoms with van der Waals surface area (Å²) in [7, 11) is 1.29. The molecule has 0 aliphatic heterocycles. The molecule has 1 aromatic carbocycles. The lowest BCUT2D eigenvalue weighted by Gasteiger charge is -2.09. The fourth-order valence-corrected chi connectivity index (χ4v) is 2.38. The molecule has 7 heteroatoms. The second-order valence-electron chi connectivity index (χ2n) is 4.48. The van der Waals surface area contributed by atoms with Crippen molar-refractivity contribution in [3.8, 4) is 5.75 Å². The zero-order valence-electron chi connectivity index (χ0n) is 11.8. The van der Waals surface area contributed by atoms with Gasteiger partial charge in [-0.05, 0) is 46.1 Å². The van der Waals surface area contributed by atoms with Gasteiger partial charge in [-0.15, -0.1) is 12.4 Å². The van der Waals surface area contributed by atoms with Crippen LogP contribution in [-0.4, -0.2) is 22.8 Å². The molecule has 0 aliphatic carbocycles. The van der Waals surface area contributed by atoms with Crippen LogP contribution in [0.15, 0.2) is 45.8 Å². The van der Waals surface area contributed by atoms with Crippen LogP contribution in [0.2, 0.25) is 0 Å². The van der Waals surface area contributed by atoms with Gasteiger partial charge < -0.3 is 14.4 Å². The number of phenolic OH excluding ortho intramolecular Hbond substituents is 1. The molecule has 0 saturated carbocycles. The SMILES string of the molecule is COC(=O)c1cc(Br)c(=O)n(CCc2ccc(O)cc2)c1.Cl. The Labute approximate surface area is 142 Å². The third-order valence-corrected chi connectivity index (χ3v) is 3.61. The molecule has 2 aromatic rings. The molecule has 1 N–H and O–H groups in total. The van der Waals surface area contributed by atoms with Gasteiger partial charge in [-0.25, -0.2) is 4.79 Å². The van der Waals surface area contributed by atoms with Gasteiger partial charge in [0.15, 0.2) is 0 Å². The van der Waals surface area contributed by atoms with Gasteiger partial charge in [0, 0.05) is 12.7 Å². The maximum Gasteiger partial charge on any atom is 0.339 e. The monoisotopic (exact) mass is 387 g/mol. The molecule has 0 spiro atoms. The maximum absolute atomic E-state index is 12.0. The number of methoxy groups -OCH3 is 1. The summed E-state index contributed by atoms with van der Waals surface area (Å²) in [4.78, 5) is 23.6. The van der Waals surface area contributed by atoms with Gasteiger partial charge in [0.25, 0.3) is 5.56 Å². The predicted octanol–water partition coefficient (Wildman–Crippen LogP) is 2.77. The van der Waals surface area contributed by atoms with Crippen molar-refractivity contribution in [2.75, 3.05) is 7.11 Å². The Bertz CT molecular complexity index is 712. The Kier molecular flexibility index (Phi) is 6.64. The number of halogens is 2. The Morgan fingerprint density at radius 1 is 1.32 bits per heavy atom. The second-order valence-corrected chi connectivity index (χ2v) is 5.34. The number of carbonyl (C=O) groups excluding carboxylic acids is 1. The summed E-state index contributed by atoms with van der Waals surface area (Å²) in [6.07, 6.45) is 2.09. The molecule has 0 saturated heterocycles. The van der Waals surface area contributed by atoms with Gasteiger partial charge in [0.05, 0.1) is 17.1 Å². The average molecular weight is 389 g/mol. The second kappa shape index (κ2) is 8.00. The smallest absolute Gasteiger partial charge is 0.339 e. The highest BCUT2D eigenvalue weighted by Gasteiger charge is 2.11. The lowest BCUT2D eigenvalue weighted by Crippen LogP contribution is -2.23. The number of phenols is 1. The molecule has 0 bridgehead atoms. The molecule has 0 aliphatic rings. The van der Waals surface area contributed by atoms with Crippen LogP contribution in [0.5, 0.6) is 5.75 Å². The third-order valence-electron chi connectivity index (χ3n) is 3.04. The van der Waals surface area contributed by atoms with Crippen molar-refractivity contribution < 1.29 is 14.6 Å². The van der Waals surface area contributed by atoms with Crippen LogP contribution in [0.1, 0.15) is 15.9 Å². The molecule has 0 fully saturated rings. The first kappa shape index (κ1) is 18.3. The number of hydrogen-bond donors (Lipinski definition) is 1. The molecule has 1 aromatic heterocycles. The highest BCUT2D eigenvalue weighted by Crippen LogP contribution is 2.12. The summed E-state index contributed by atoms with van der Waals surface area (Å²) in [6, 6.07) is 8.22. The van der Waals surface area contributed by atoms with E-state index in [0.29, 0.717) is 23.0 Å². The maximum atomic E-state index is 12.0. The zero-order valence-corrected chi connectivity index (χ0v) is 14.2. The highest BCUT2D eigenvalue weighted by atomic mass is 79.9. The van der Waals surface area contributed by atoms with Crippen LogP contribution in [0, 0.1) is 0 Å². The number of hydrogen-bond acceptors (Lipinski definition) is 4. The van der Waals surface area contributed by atoms with Gasteiger partial charge in [-0.2, -0.15) is 0 Å². The first-order valence-electron chi connectivity index (χ1n) is 6.27. The molecular formula is C15H15BrClNO4. The molecule has 22 heavy (non-hydrogen) atoms. The largest absolute Gasteiger partial charge is 0.508 e. The fraction of sp³-hybridized carbons (Fsp3) is 0.200. The van der Waals surface area contributed by atoms with Crippen LogP contribution in [0.4, 0.5) is 0 Å². The van der Waals surface area contributed by atoms with Crippen molar-refractivity contribution in [3.63, 3.8) is 0 Å². The number of aryl methyl sites for hydroxylation is 2. The van der Waals surface area contributed by atoms with Crippen molar-refractivity contribution in [3.05, 3.63) is 62.5 Å². The van der Waals surface area contributed by atoms with Gasteiger partial charge in [-0.1, -0.05) is 12.1 Å². The van der Waals surface area contributed by atoms with E-state index in [9.17, 15) is 14.7 Å². The molecule has 0 atom stereocenters. The van der Waals surface area contributed by atoms with Gasteiger partial charge in [-0.3, -0.25) is 4.79 Å². The van der Waals surface area contributed by atoms with Crippen molar-refractivity contribution in [2.45, 2.75) is 13.0 Å². The number of benzene rings is 1. The van der Waals surface area contributed by atoms with E-state index in [2.05, 4.69) is 20.7 Å². The quantitative estimate of drug-likeness (QED) is 0.818. The molecule has 0 unspecified atom stereocenters. The standard InChI is InChI=1S/C15H14BrNO4.ClH/c1-21-15(20)11-8-13(16)14(19)17(9-11)7-6-10-2-4-12(18)5-3-10;/h2-5,8-9,18H,6-7H2,1H3;1H. The molecule has 118 valence electrons. The van der Waals surface area contributed by atoms with E-state index in [1.807, 2.05) is 0 Å². The minimum Gasteiger partial charge on any atom is -0.508 e. The summed E-state index contributed by atoms with van der Waals surface area (Å²) >= 11 is 3.16. The van der Waals surface area contributed by atoms with Gasteiger partial charge in [0.2, 0.25) is 0 Å². The minimum absolute atomic E-state index is 0. The minimum atomic E-state index is -0.492. The highest BCUT2D eigenvalue weighted by molar-refractivity contribution is 9.10. The topological polar surface area (TPSA) is 68.5 Å². The van der Waals surface area contributed by atoms with Crippen LogP contribution < -0.4 is 5.56 Å². The van der Waals surface area contributed by atoms with Crippen molar-refractivity contribution in [1.82, 2.24) is 4.57 Å². The number of ether oxygens (including phenoxy) is 1. The number of rotatable bonds is 4. The van der Waals surface area contributed by atoms with Crippen LogP contribution >= 0.6 is 28.3 Å². The predicted molar refractivity (Wildman–Crippen MR) is 88.8 cm³/mol. The van der Waals surface area contributed by atoms with E-state index in [-0.39, 0.29) is 23.7 Å². The lowest BCUT2D eigenvalue weighted by molar-refractivity contribution is 0.0599. The third kappa shape index (κ3) is 4.35. The molecule has 1 heterocycles. The van der Waals surface area contributed by atoms with Crippen LogP contribution in [-0.2, 0) is 17.7 Å². The van der Waals surface area contributed by atoms with Crippen molar-refractivity contribution in [2.24, 2.45) is 0 Å². The summed E-state index contributed by atoms with van der Waals surface area (Å²) in [5, 5.41) is 9.23. The summed E-state index contributed by atoms with van der Waals surface area (Å²) in [5.74, 6) is -0.291. The average Bonchev–Trinajstić information content (AvgIpc) is 2.49. The van der Waals surface area contributed by atoms with Crippen molar-refractivity contribution >= 4 is 34.3 Å². The summed E-state index contributed by atoms with van der Waals surface area (Å²) in [6.45, 7) is 0.424. The number of esters is 1. The molecular weight excluding hydrogens is 374 g/mol. The van der Waals surface area contributed by atoms with E-state index in [1.165, 1.54) is 23.9 Å². The molecule has 5 nitrogen and oxygen atoms in total. The lowest BCUT2D eigenvalue weighted by atomic mass is 10.1. The van der Waals surface area contributed by atoms with Gasteiger partial charge >= 0.3 is 5.97 Å². The van der Waals surface area contributed by atoms with E-state index in [0.717, 1.165) is 5.56 Å². The number of aromatic nitrogens is 1. The normalized spacial score (nSPS) is 9.91. The van der Waals surface area contributed by atoms with Crippen LogP contribution in [0.25, 0.3) is 0 Å². The summed E-state index contributed by atoms with van der Waals surface area (Å²) < 4.78 is 6.44. The number of nitrogens with zero attached hydrogens (tertiary/aromatic N) is 1. The number of aromatic hydroxyl groups is 1. The Morgan fingerprint density at radius 3 is 2.55 bits per heavy atom. The zero-order chi connectivity index (χ0) is 15.4. The fourth-order valence-electron chi connectivity index (χ4n) is 1.91. The number of pyridine rings is 1. The van der Waals surface area contributed by atoms with Gasteiger partial charge in [0.1, 0.15) is 5.75 Å². The first-order valence-corrected chi connectivity index (χ1v) is 7.07. The first-order chi connectivity index (χ1) is 10.0. The van der Waals surface area contributed by atoms with E-state index >= 15 is 0 Å². The molecule has 0 amide bonds. The number of carbonyl (C=O) groups is 1. The van der Waals surface area contributed by atoms with Crippen LogP contribution in [0.3, 0.4) is 0 Å². The molecule has 0 radical (unpaired) electrons. The Hall–Kier alpha value is -1.79. The van der Waals surface area contributed by atoms with E-state index in [1.54, 1.807) is 24.3 Å². The summed E-state index contributed by atoms with van der Waals surface area (Å²) in [5.41, 5.74) is 1.09. The van der Waals surface area contributed by atoms with Crippen molar-refractivity contribution in [1.29, 1.82) is 0 Å². The van der Waals surface area contributed by atoms with E-state index < -0.39 is 5.97 Å². The Balaban J connectivity index is 0.00000242.